The molecule has 0 spiro atoms. The van der Waals surface area contributed by atoms with Gasteiger partial charge in [-0.1, -0.05) is 34.1 Å². The van der Waals surface area contributed by atoms with Crippen molar-refractivity contribution in [1.82, 2.24) is 16.0 Å². The van der Waals surface area contributed by atoms with Gasteiger partial charge in [-0.3, -0.25) is 14.4 Å². The molecule has 0 radical (unpaired) electrons. The molecule has 0 saturated carbocycles. The van der Waals surface area contributed by atoms with Crippen LogP contribution in [0.4, 0.5) is 0 Å². The minimum Gasteiger partial charge on any atom is -0.480 e. The molecule has 32 heavy (non-hydrogen) atoms. The Bertz CT molecular complexity index is 613. The van der Waals surface area contributed by atoms with Crippen molar-refractivity contribution in [2.75, 3.05) is 13.2 Å². The second kappa shape index (κ2) is 15.5. The third kappa shape index (κ3) is 12.0. The fourth-order valence-corrected chi connectivity index (χ4v) is 3.05. The van der Waals surface area contributed by atoms with Gasteiger partial charge in [-0.05, 0) is 44.1 Å². The number of aliphatic hydroxyl groups is 1. The van der Waals surface area contributed by atoms with E-state index in [1.165, 1.54) is 0 Å². The molecule has 0 rings (SSSR count). The highest BCUT2D eigenvalue weighted by molar-refractivity contribution is 5.94. The van der Waals surface area contributed by atoms with Crippen LogP contribution in [-0.4, -0.2) is 71.2 Å². The number of unbranched alkanes of at least 4 members (excludes halogenated alkanes) is 1. The first kappa shape index (κ1) is 29.8. The number of nitrogens with two attached hydrogens (primary N) is 2. The molecule has 0 aromatic carbocycles. The van der Waals surface area contributed by atoms with Crippen LogP contribution < -0.4 is 27.4 Å². The average Bonchev–Trinajstić information content (AvgIpc) is 2.69. The summed E-state index contributed by atoms with van der Waals surface area (Å²) < 4.78 is 0. The fraction of sp³-hybridized carbons (Fsp3) is 0.810. The third-order valence-corrected chi connectivity index (χ3v) is 4.78. The van der Waals surface area contributed by atoms with E-state index in [2.05, 4.69) is 16.0 Å². The maximum atomic E-state index is 13.0. The maximum absolute atomic E-state index is 13.0. The lowest BCUT2D eigenvalue weighted by Crippen LogP contribution is -2.57. The van der Waals surface area contributed by atoms with Gasteiger partial charge in [0.05, 0.1) is 12.6 Å². The zero-order valence-corrected chi connectivity index (χ0v) is 19.6. The largest absolute Gasteiger partial charge is 0.480 e. The van der Waals surface area contributed by atoms with Gasteiger partial charge in [-0.15, -0.1) is 0 Å². The molecule has 4 unspecified atom stereocenters. The number of rotatable bonds is 16. The first-order chi connectivity index (χ1) is 14.9. The smallest absolute Gasteiger partial charge is 0.328 e. The normalized spacial score (nSPS) is 15.0. The number of carbonyl (C=O) groups is 4. The highest BCUT2D eigenvalue weighted by Crippen LogP contribution is 2.10. The van der Waals surface area contributed by atoms with E-state index in [-0.39, 0.29) is 18.3 Å². The van der Waals surface area contributed by atoms with Gasteiger partial charge < -0.3 is 37.6 Å². The van der Waals surface area contributed by atoms with Crippen molar-refractivity contribution in [1.29, 1.82) is 0 Å². The predicted octanol–water partition coefficient (Wildman–Crippen LogP) is -0.934. The van der Waals surface area contributed by atoms with Crippen molar-refractivity contribution in [3.05, 3.63) is 0 Å². The Morgan fingerprint density at radius 2 is 1.22 bits per heavy atom. The van der Waals surface area contributed by atoms with E-state index in [9.17, 15) is 19.2 Å². The predicted molar refractivity (Wildman–Crippen MR) is 120 cm³/mol. The molecule has 0 heterocycles. The molecule has 0 bridgehead atoms. The summed E-state index contributed by atoms with van der Waals surface area (Å²) in [4.78, 5) is 49.1. The SMILES string of the molecule is CC(C)CC(NC(=O)C(N)CCCCN)C(=O)NC(CC(C)C)C(=O)NC(CO)C(=O)O. The molecule has 9 N–H and O–H groups in total. The van der Waals surface area contributed by atoms with Gasteiger partial charge in [0.2, 0.25) is 17.7 Å². The van der Waals surface area contributed by atoms with Crippen molar-refractivity contribution in [3.8, 4) is 0 Å². The molecule has 11 nitrogen and oxygen atoms in total. The summed E-state index contributed by atoms with van der Waals surface area (Å²) in [5, 5.41) is 25.7. The molecule has 4 atom stereocenters. The molecule has 11 heteroatoms. The van der Waals surface area contributed by atoms with E-state index in [0.717, 1.165) is 6.42 Å². The molecule has 3 amide bonds. The number of hydrogen-bond acceptors (Lipinski definition) is 7. The molecule has 0 aliphatic carbocycles. The van der Waals surface area contributed by atoms with E-state index >= 15 is 0 Å². The third-order valence-electron chi connectivity index (χ3n) is 4.78. The van der Waals surface area contributed by atoms with Crippen LogP contribution in [-0.2, 0) is 19.2 Å². The first-order valence-electron chi connectivity index (χ1n) is 11.1. The Labute approximate surface area is 190 Å². The second-order valence-corrected chi connectivity index (χ2v) is 8.85. The minimum absolute atomic E-state index is 0.0116. The first-order valence-corrected chi connectivity index (χ1v) is 11.1. The molecule has 0 saturated heterocycles. The lowest BCUT2D eigenvalue weighted by molar-refractivity contribution is -0.143. The van der Waals surface area contributed by atoms with Crippen molar-refractivity contribution in [3.63, 3.8) is 0 Å². The lowest BCUT2D eigenvalue weighted by atomic mass is 9.99. The van der Waals surface area contributed by atoms with Crippen molar-refractivity contribution >= 4 is 23.7 Å². The van der Waals surface area contributed by atoms with Crippen LogP contribution in [0, 0.1) is 11.8 Å². The summed E-state index contributed by atoms with van der Waals surface area (Å²) in [6.45, 7) is 7.21. The Morgan fingerprint density at radius 3 is 1.59 bits per heavy atom. The summed E-state index contributed by atoms with van der Waals surface area (Å²) in [7, 11) is 0. The molecular formula is C21H41N5O6. The number of carboxylic acid groups (broad SMARTS) is 1. The molecule has 0 aromatic rings. The number of nitrogens with one attached hydrogen (secondary N) is 3. The number of hydrogen-bond donors (Lipinski definition) is 7. The molecule has 186 valence electrons. The molecule has 0 aromatic heterocycles. The quantitative estimate of drug-likeness (QED) is 0.144. The van der Waals surface area contributed by atoms with Gasteiger partial charge in [-0.25, -0.2) is 4.79 Å². The maximum Gasteiger partial charge on any atom is 0.328 e. The number of aliphatic hydroxyl groups excluding tert-OH is 1. The van der Waals surface area contributed by atoms with Crippen LogP contribution in [0.5, 0.6) is 0 Å². The van der Waals surface area contributed by atoms with Gasteiger partial charge in [0, 0.05) is 0 Å². The topological polar surface area (TPSA) is 197 Å². The van der Waals surface area contributed by atoms with E-state index < -0.39 is 54.5 Å². The van der Waals surface area contributed by atoms with E-state index in [1.54, 1.807) is 0 Å². The Balaban J connectivity index is 5.33. The average molecular weight is 460 g/mol. The summed E-state index contributed by atoms with van der Waals surface area (Å²) in [5.41, 5.74) is 11.4. The highest BCUT2D eigenvalue weighted by Gasteiger charge is 2.30. The second-order valence-electron chi connectivity index (χ2n) is 8.85. The zero-order valence-electron chi connectivity index (χ0n) is 19.6. The number of aliphatic carboxylic acids is 1. The van der Waals surface area contributed by atoms with E-state index in [1.807, 2.05) is 27.7 Å². The van der Waals surface area contributed by atoms with E-state index in [4.69, 9.17) is 21.7 Å². The number of carbonyl (C=O) groups excluding carboxylic acids is 3. The lowest BCUT2D eigenvalue weighted by Gasteiger charge is -2.26. The van der Waals surface area contributed by atoms with Gasteiger partial charge in [0.25, 0.3) is 0 Å². The van der Waals surface area contributed by atoms with Crippen LogP contribution in [0.1, 0.15) is 59.8 Å². The van der Waals surface area contributed by atoms with Crippen LogP contribution in [0.3, 0.4) is 0 Å². The van der Waals surface area contributed by atoms with Crippen molar-refractivity contribution in [2.45, 2.75) is 84.0 Å². The summed E-state index contributed by atoms with van der Waals surface area (Å²) in [6.07, 6.45) is 2.45. The Hall–Kier alpha value is -2.24. The summed E-state index contributed by atoms with van der Waals surface area (Å²) in [5.74, 6) is -3.04. The Kier molecular flexibility index (Phi) is 14.5. The standard InChI is InChI=1S/C21H41N5O6/c1-12(2)9-15(24-18(28)14(23)7-5-6-8-22)19(29)25-16(10-13(3)4)20(30)26-17(11-27)21(31)32/h12-17,27H,5-11,22-23H2,1-4H3,(H,24,28)(H,25,29)(H,26,30)(H,31,32). The van der Waals surface area contributed by atoms with Crippen LogP contribution in [0.2, 0.25) is 0 Å². The highest BCUT2D eigenvalue weighted by atomic mass is 16.4. The molecule has 0 aliphatic rings. The molecule has 0 fully saturated rings. The van der Waals surface area contributed by atoms with Gasteiger partial charge >= 0.3 is 5.97 Å². The van der Waals surface area contributed by atoms with Crippen molar-refractivity contribution in [2.24, 2.45) is 23.3 Å². The molecular weight excluding hydrogens is 418 g/mol. The van der Waals surface area contributed by atoms with Gasteiger partial charge in [-0.2, -0.15) is 0 Å². The number of amides is 3. The summed E-state index contributed by atoms with van der Waals surface area (Å²) >= 11 is 0. The molecule has 0 aliphatic heterocycles. The Morgan fingerprint density at radius 1 is 0.781 bits per heavy atom. The van der Waals surface area contributed by atoms with Crippen LogP contribution >= 0.6 is 0 Å². The van der Waals surface area contributed by atoms with Crippen molar-refractivity contribution < 1.29 is 29.4 Å². The summed E-state index contributed by atoms with van der Waals surface area (Å²) in [6, 6.07) is -4.19. The van der Waals surface area contributed by atoms with Gasteiger partial charge in [0.1, 0.15) is 18.1 Å². The van der Waals surface area contributed by atoms with Crippen LogP contribution in [0.15, 0.2) is 0 Å². The fourth-order valence-electron chi connectivity index (χ4n) is 3.05. The monoisotopic (exact) mass is 459 g/mol. The van der Waals surface area contributed by atoms with Crippen LogP contribution in [0.25, 0.3) is 0 Å². The van der Waals surface area contributed by atoms with Gasteiger partial charge in [0.15, 0.2) is 0 Å². The van der Waals surface area contributed by atoms with E-state index in [0.29, 0.717) is 25.8 Å². The zero-order chi connectivity index (χ0) is 24.8. The number of carboxylic acids is 1. The minimum atomic E-state index is -1.48.